The lowest BCUT2D eigenvalue weighted by molar-refractivity contribution is 0.229. The molecule has 25 heavy (non-hydrogen) atoms. The van der Waals surface area contributed by atoms with E-state index in [4.69, 9.17) is 9.15 Å². The van der Waals surface area contributed by atoms with Gasteiger partial charge in [0.2, 0.25) is 0 Å². The van der Waals surface area contributed by atoms with E-state index in [1.807, 2.05) is 49.4 Å². The van der Waals surface area contributed by atoms with Crippen molar-refractivity contribution < 1.29 is 9.15 Å². The van der Waals surface area contributed by atoms with E-state index in [9.17, 15) is 0 Å². The zero-order valence-electron chi connectivity index (χ0n) is 14.8. The lowest BCUT2D eigenvalue weighted by Crippen LogP contribution is -2.22. The summed E-state index contributed by atoms with van der Waals surface area (Å²) in [6.07, 6.45) is 3.35. The summed E-state index contributed by atoms with van der Waals surface area (Å²) in [6.45, 7) is 5.48. The number of hydrogen-bond donors (Lipinski definition) is 0. The van der Waals surface area contributed by atoms with Gasteiger partial charge in [0, 0.05) is 17.8 Å². The molecule has 0 bridgehead atoms. The molecule has 0 fully saturated rings. The Bertz CT molecular complexity index is 784. The summed E-state index contributed by atoms with van der Waals surface area (Å²) >= 11 is 0. The van der Waals surface area contributed by atoms with Crippen LogP contribution >= 0.6 is 0 Å². The van der Waals surface area contributed by atoms with Gasteiger partial charge in [-0.1, -0.05) is 0 Å². The van der Waals surface area contributed by atoms with Crippen molar-refractivity contribution in [3.63, 3.8) is 0 Å². The van der Waals surface area contributed by atoms with Crippen LogP contribution in [0.1, 0.15) is 31.3 Å². The van der Waals surface area contributed by atoms with Crippen LogP contribution in [-0.4, -0.2) is 28.5 Å². The second-order valence-electron chi connectivity index (χ2n) is 5.95. The molecule has 0 radical (unpaired) electrons. The van der Waals surface area contributed by atoms with Crippen LogP contribution in [0.25, 0.3) is 11.3 Å². The molecular formula is C20H23N3O2. The highest BCUT2D eigenvalue weighted by molar-refractivity contribution is 5.58. The van der Waals surface area contributed by atoms with Gasteiger partial charge in [-0.2, -0.15) is 0 Å². The lowest BCUT2D eigenvalue weighted by Gasteiger charge is -2.22. The molecule has 3 aromatic rings. The highest BCUT2D eigenvalue weighted by Gasteiger charge is 2.15. The van der Waals surface area contributed by atoms with Gasteiger partial charge in [0.15, 0.2) is 0 Å². The summed E-state index contributed by atoms with van der Waals surface area (Å²) in [4.78, 5) is 10.5. The summed E-state index contributed by atoms with van der Waals surface area (Å²) < 4.78 is 11.5. The van der Waals surface area contributed by atoms with E-state index in [0.29, 0.717) is 13.2 Å². The van der Waals surface area contributed by atoms with Crippen LogP contribution in [0.2, 0.25) is 0 Å². The first kappa shape index (κ1) is 17.2. The molecule has 5 heteroatoms. The van der Waals surface area contributed by atoms with Crippen LogP contribution in [0.5, 0.6) is 5.75 Å². The van der Waals surface area contributed by atoms with Gasteiger partial charge < -0.3 is 9.15 Å². The fourth-order valence-electron chi connectivity index (χ4n) is 2.66. The molecule has 130 valence electrons. The lowest BCUT2D eigenvalue weighted by atomic mass is 10.2. The molecule has 0 aliphatic heterocycles. The molecule has 0 aliphatic carbocycles. The first-order valence-electron chi connectivity index (χ1n) is 8.45. The van der Waals surface area contributed by atoms with Crippen LogP contribution in [-0.2, 0) is 6.54 Å². The van der Waals surface area contributed by atoms with Gasteiger partial charge >= 0.3 is 0 Å². The van der Waals surface area contributed by atoms with Gasteiger partial charge in [-0.3, -0.25) is 4.90 Å². The zero-order chi connectivity index (χ0) is 17.6. The van der Waals surface area contributed by atoms with Gasteiger partial charge in [-0.15, -0.1) is 0 Å². The number of ether oxygens (including phenoxy) is 1. The van der Waals surface area contributed by atoms with Crippen LogP contribution in [0, 0.1) is 0 Å². The Morgan fingerprint density at radius 2 is 1.92 bits per heavy atom. The van der Waals surface area contributed by atoms with E-state index in [0.717, 1.165) is 28.5 Å². The second kappa shape index (κ2) is 7.94. The molecule has 5 nitrogen and oxygen atoms in total. The SMILES string of the molecule is CCOc1ccc(-c2ccc(CN(C)C(C)c3ccncn3)o2)cc1. The Kier molecular flexibility index (Phi) is 5.46. The number of furan rings is 1. The molecule has 1 unspecified atom stereocenters. The average molecular weight is 337 g/mol. The molecule has 3 rings (SSSR count). The highest BCUT2D eigenvalue weighted by atomic mass is 16.5. The Balaban J connectivity index is 1.67. The third-order valence-corrected chi connectivity index (χ3v) is 4.21. The summed E-state index contributed by atoms with van der Waals surface area (Å²) in [7, 11) is 2.06. The van der Waals surface area contributed by atoms with E-state index in [2.05, 4.69) is 28.8 Å². The van der Waals surface area contributed by atoms with Crippen molar-refractivity contribution in [2.24, 2.45) is 0 Å². The van der Waals surface area contributed by atoms with Crippen LogP contribution in [0.3, 0.4) is 0 Å². The molecule has 1 atom stereocenters. The molecule has 0 spiro atoms. The monoisotopic (exact) mass is 337 g/mol. The predicted octanol–water partition coefficient (Wildman–Crippen LogP) is 4.33. The number of benzene rings is 1. The molecule has 0 amide bonds. The minimum atomic E-state index is 0.182. The molecule has 0 aliphatic rings. The van der Waals surface area contributed by atoms with Gasteiger partial charge in [0.1, 0.15) is 23.6 Å². The van der Waals surface area contributed by atoms with Gasteiger partial charge in [-0.05, 0) is 63.4 Å². The van der Waals surface area contributed by atoms with E-state index >= 15 is 0 Å². The maximum Gasteiger partial charge on any atom is 0.134 e. The molecule has 2 aromatic heterocycles. The van der Waals surface area contributed by atoms with Crippen molar-refractivity contribution in [2.45, 2.75) is 26.4 Å². The molecular weight excluding hydrogens is 314 g/mol. The van der Waals surface area contributed by atoms with Crippen LogP contribution in [0.4, 0.5) is 0 Å². The summed E-state index contributed by atoms with van der Waals surface area (Å²) in [5.74, 6) is 2.66. The Hall–Kier alpha value is -2.66. The van der Waals surface area contributed by atoms with Gasteiger partial charge in [0.05, 0.1) is 18.8 Å². The first-order valence-corrected chi connectivity index (χ1v) is 8.45. The number of hydrogen-bond acceptors (Lipinski definition) is 5. The largest absolute Gasteiger partial charge is 0.494 e. The quantitative estimate of drug-likeness (QED) is 0.642. The molecule has 0 N–H and O–H groups in total. The summed E-state index contributed by atoms with van der Waals surface area (Å²) in [5.41, 5.74) is 2.04. The maximum absolute atomic E-state index is 6.01. The minimum absolute atomic E-state index is 0.182. The van der Waals surface area contributed by atoms with E-state index in [1.54, 1.807) is 12.5 Å². The Morgan fingerprint density at radius 1 is 1.12 bits per heavy atom. The normalized spacial score (nSPS) is 12.3. The fraction of sp³-hybridized carbons (Fsp3) is 0.300. The minimum Gasteiger partial charge on any atom is -0.494 e. The highest BCUT2D eigenvalue weighted by Crippen LogP contribution is 2.26. The van der Waals surface area contributed by atoms with E-state index < -0.39 is 0 Å². The zero-order valence-corrected chi connectivity index (χ0v) is 14.8. The van der Waals surface area contributed by atoms with Gasteiger partial charge in [0.25, 0.3) is 0 Å². The molecule has 0 saturated heterocycles. The van der Waals surface area contributed by atoms with E-state index in [1.165, 1.54) is 0 Å². The predicted molar refractivity (Wildman–Crippen MR) is 97.2 cm³/mol. The third kappa shape index (κ3) is 4.25. The van der Waals surface area contributed by atoms with Crippen molar-refractivity contribution in [1.82, 2.24) is 14.9 Å². The van der Waals surface area contributed by atoms with Crippen LogP contribution < -0.4 is 4.74 Å². The number of rotatable bonds is 7. The fourth-order valence-corrected chi connectivity index (χ4v) is 2.66. The smallest absolute Gasteiger partial charge is 0.134 e. The number of nitrogens with zero attached hydrogens (tertiary/aromatic N) is 3. The average Bonchev–Trinajstić information content (AvgIpc) is 3.11. The molecule has 0 saturated carbocycles. The van der Waals surface area contributed by atoms with Crippen LogP contribution in [0.15, 0.2) is 59.4 Å². The van der Waals surface area contributed by atoms with E-state index in [-0.39, 0.29) is 6.04 Å². The maximum atomic E-state index is 6.01. The second-order valence-corrected chi connectivity index (χ2v) is 5.95. The van der Waals surface area contributed by atoms with Crippen molar-refractivity contribution in [1.29, 1.82) is 0 Å². The van der Waals surface area contributed by atoms with Crippen molar-refractivity contribution in [3.05, 3.63) is 66.4 Å². The van der Waals surface area contributed by atoms with Crippen molar-refractivity contribution >= 4 is 0 Å². The Morgan fingerprint density at radius 3 is 2.60 bits per heavy atom. The standard InChI is InChI=1S/C20H23N3O2/c1-4-24-17-7-5-16(6-8-17)20-10-9-18(25-20)13-23(3)15(2)19-11-12-21-14-22-19/h5-12,14-15H,4,13H2,1-3H3. The van der Waals surface area contributed by atoms with Crippen molar-refractivity contribution in [2.75, 3.05) is 13.7 Å². The molecule has 2 heterocycles. The summed E-state index contributed by atoms with van der Waals surface area (Å²) in [5, 5.41) is 0. The van der Waals surface area contributed by atoms with Crippen molar-refractivity contribution in [3.8, 4) is 17.1 Å². The number of aromatic nitrogens is 2. The van der Waals surface area contributed by atoms with Gasteiger partial charge in [-0.25, -0.2) is 9.97 Å². The molecule has 1 aromatic carbocycles. The Labute approximate surface area is 148 Å². The summed E-state index contributed by atoms with van der Waals surface area (Å²) in [6, 6.07) is 14.1. The third-order valence-electron chi connectivity index (χ3n) is 4.21. The topological polar surface area (TPSA) is 51.4 Å². The first-order chi connectivity index (χ1) is 12.2.